The summed E-state index contributed by atoms with van der Waals surface area (Å²) in [6.45, 7) is 10.7. The van der Waals surface area contributed by atoms with Crippen molar-refractivity contribution in [3.63, 3.8) is 0 Å². The van der Waals surface area contributed by atoms with Gasteiger partial charge in [0.25, 0.3) is 5.91 Å². The van der Waals surface area contributed by atoms with Crippen molar-refractivity contribution in [3.05, 3.63) is 59.5 Å². The Hall–Kier alpha value is -2.56. The minimum Gasteiger partial charge on any atom is -0.469 e. The van der Waals surface area contributed by atoms with Crippen molar-refractivity contribution in [3.8, 4) is 0 Å². The molecule has 1 atom stereocenters. The van der Waals surface area contributed by atoms with Crippen LogP contribution in [0.15, 0.2) is 47.1 Å². The second-order valence-corrected chi connectivity index (χ2v) is 8.14. The summed E-state index contributed by atoms with van der Waals surface area (Å²) < 4.78 is 5.26. The quantitative estimate of drug-likeness (QED) is 0.781. The number of hydrogen-bond acceptors (Lipinski definition) is 3. The number of amides is 2. The maximum Gasteiger partial charge on any atom is 0.251 e. The molecule has 2 aromatic rings. The van der Waals surface area contributed by atoms with Crippen LogP contribution in [0.2, 0.25) is 0 Å². The Morgan fingerprint density at radius 2 is 1.74 bits per heavy atom. The third-order valence-electron chi connectivity index (χ3n) is 4.50. The van der Waals surface area contributed by atoms with Crippen LogP contribution in [-0.2, 0) is 16.6 Å². The SMILES string of the molecule is CC(C)[C@H](NC(=O)c1ccc(C(C)(C)C)cc1)C(=O)NCCc1ccco1. The fourth-order valence-electron chi connectivity index (χ4n) is 2.75. The Morgan fingerprint density at radius 3 is 2.26 bits per heavy atom. The molecule has 27 heavy (non-hydrogen) atoms. The van der Waals surface area contributed by atoms with Gasteiger partial charge >= 0.3 is 0 Å². The third kappa shape index (κ3) is 5.98. The van der Waals surface area contributed by atoms with E-state index in [-0.39, 0.29) is 23.1 Å². The molecular formula is C22H30N2O3. The van der Waals surface area contributed by atoms with Gasteiger partial charge in [0.15, 0.2) is 0 Å². The van der Waals surface area contributed by atoms with E-state index in [0.717, 1.165) is 11.3 Å². The van der Waals surface area contributed by atoms with E-state index in [1.807, 2.05) is 50.2 Å². The van der Waals surface area contributed by atoms with Gasteiger partial charge < -0.3 is 15.1 Å². The van der Waals surface area contributed by atoms with Crippen LogP contribution in [0.25, 0.3) is 0 Å². The van der Waals surface area contributed by atoms with Crippen LogP contribution in [0.1, 0.15) is 56.3 Å². The molecule has 0 spiro atoms. The molecule has 0 saturated carbocycles. The van der Waals surface area contributed by atoms with E-state index >= 15 is 0 Å². The fraction of sp³-hybridized carbons (Fsp3) is 0.455. The Morgan fingerprint density at radius 1 is 1.07 bits per heavy atom. The molecule has 1 heterocycles. The number of carbonyl (C=O) groups is 2. The van der Waals surface area contributed by atoms with Gasteiger partial charge in [-0.15, -0.1) is 0 Å². The van der Waals surface area contributed by atoms with Crippen molar-refractivity contribution in [2.24, 2.45) is 5.92 Å². The molecular weight excluding hydrogens is 340 g/mol. The van der Waals surface area contributed by atoms with Crippen molar-refractivity contribution in [1.29, 1.82) is 0 Å². The maximum absolute atomic E-state index is 12.6. The highest BCUT2D eigenvalue weighted by Crippen LogP contribution is 2.22. The zero-order valence-electron chi connectivity index (χ0n) is 16.8. The van der Waals surface area contributed by atoms with Gasteiger partial charge in [0.05, 0.1) is 6.26 Å². The zero-order valence-corrected chi connectivity index (χ0v) is 16.8. The second kappa shape index (κ2) is 8.89. The monoisotopic (exact) mass is 370 g/mol. The first-order valence-corrected chi connectivity index (χ1v) is 9.40. The first-order valence-electron chi connectivity index (χ1n) is 9.40. The second-order valence-electron chi connectivity index (χ2n) is 8.14. The van der Waals surface area contributed by atoms with E-state index in [9.17, 15) is 9.59 Å². The zero-order chi connectivity index (χ0) is 20.0. The van der Waals surface area contributed by atoms with Gasteiger partial charge in [0.1, 0.15) is 11.8 Å². The molecule has 0 fully saturated rings. The average Bonchev–Trinajstić information content (AvgIpc) is 3.11. The largest absolute Gasteiger partial charge is 0.469 e. The summed E-state index contributed by atoms with van der Waals surface area (Å²) in [6, 6.07) is 10.6. The van der Waals surface area contributed by atoms with Gasteiger partial charge in [-0.05, 0) is 41.2 Å². The Balaban J connectivity index is 1.95. The summed E-state index contributed by atoms with van der Waals surface area (Å²) in [5, 5.41) is 5.73. The van der Waals surface area contributed by atoms with Gasteiger partial charge in [-0.25, -0.2) is 0 Å². The van der Waals surface area contributed by atoms with E-state index in [1.54, 1.807) is 6.26 Å². The van der Waals surface area contributed by atoms with Crippen LogP contribution in [0.5, 0.6) is 0 Å². The Labute approximate surface area is 161 Å². The summed E-state index contributed by atoms with van der Waals surface area (Å²) in [5.41, 5.74) is 1.75. The van der Waals surface area contributed by atoms with Crippen LogP contribution in [0.4, 0.5) is 0 Å². The molecule has 0 radical (unpaired) electrons. The highest BCUT2D eigenvalue weighted by Gasteiger charge is 2.24. The van der Waals surface area contributed by atoms with Crippen LogP contribution < -0.4 is 10.6 Å². The molecule has 2 N–H and O–H groups in total. The van der Waals surface area contributed by atoms with Gasteiger partial charge in [-0.2, -0.15) is 0 Å². The Kier molecular flexibility index (Phi) is 6.83. The van der Waals surface area contributed by atoms with Crippen molar-refractivity contribution in [2.45, 2.75) is 52.5 Å². The lowest BCUT2D eigenvalue weighted by molar-refractivity contribution is -0.123. The molecule has 0 bridgehead atoms. The molecule has 0 aliphatic heterocycles. The first kappa shape index (κ1) is 20.7. The lowest BCUT2D eigenvalue weighted by Gasteiger charge is -2.22. The summed E-state index contributed by atoms with van der Waals surface area (Å²) in [5.74, 6) is 0.373. The van der Waals surface area contributed by atoms with Gasteiger partial charge in [-0.3, -0.25) is 9.59 Å². The lowest BCUT2D eigenvalue weighted by atomic mass is 9.86. The summed E-state index contributed by atoms with van der Waals surface area (Å²) in [4.78, 5) is 25.1. The molecule has 1 aromatic heterocycles. The van der Waals surface area contributed by atoms with Gasteiger partial charge in [0, 0.05) is 18.5 Å². The first-order chi connectivity index (χ1) is 12.7. The fourth-order valence-corrected chi connectivity index (χ4v) is 2.75. The number of carbonyl (C=O) groups excluding carboxylic acids is 2. The van der Waals surface area contributed by atoms with E-state index in [1.165, 1.54) is 0 Å². The highest BCUT2D eigenvalue weighted by molar-refractivity contribution is 5.97. The lowest BCUT2D eigenvalue weighted by Crippen LogP contribution is -2.50. The van der Waals surface area contributed by atoms with E-state index < -0.39 is 6.04 Å². The summed E-state index contributed by atoms with van der Waals surface area (Å²) in [6.07, 6.45) is 2.23. The van der Waals surface area contributed by atoms with Crippen LogP contribution >= 0.6 is 0 Å². The van der Waals surface area contributed by atoms with Gasteiger partial charge in [-0.1, -0.05) is 46.8 Å². The molecule has 5 nitrogen and oxygen atoms in total. The molecule has 2 amide bonds. The molecule has 146 valence electrons. The van der Waals surface area contributed by atoms with Crippen molar-refractivity contribution in [1.82, 2.24) is 10.6 Å². The minimum absolute atomic E-state index is 0.0218. The standard InChI is InChI=1S/C22H30N2O3/c1-15(2)19(21(26)23-13-12-18-7-6-14-27-18)24-20(25)16-8-10-17(11-9-16)22(3,4)5/h6-11,14-15,19H,12-13H2,1-5H3,(H,23,26)(H,24,25)/t19-/m0/s1. The van der Waals surface area contributed by atoms with Crippen LogP contribution in [0.3, 0.4) is 0 Å². The van der Waals surface area contributed by atoms with Crippen molar-refractivity contribution in [2.75, 3.05) is 6.54 Å². The molecule has 0 aliphatic rings. The average molecular weight is 370 g/mol. The summed E-state index contributed by atoms with van der Waals surface area (Å²) in [7, 11) is 0. The molecule has 5 heteroatoms. The van der Waals surface area contributed by atoms with Crippen molar-refractivity contribution >= 4 is 11.8 Å². The Bertz CT molecular complexity index is 741. The van der Waals surface area contributed by atoms with Crippen molar-refractivity contribution < 1.29 is 14.0 Å². The maximum atomic E-state index is 12.6. The number of rotatable bonds is 7. The van der Waals surface area contributed by atoms with Crippen LogP contribution in [-0.4, -0.2) is 24.4 Å². The minimum atomic E-state index is -0.587. The molecule has 0 aliphatic carbocycles. The smallest absolute Gasteiger partial charge is 0.251 e. The number of nitrogens with one attached hydrogen (secondary N) is 2. The van der Waals surface area contributed by atoms with E-state index in [2.05, 4.69) is 31.4 Å². The van der Waals surface area contributed by atoms with Gasteiger partial charge in [0.2, 0.25) is 5.91 Å². The molecule has 0 saturated heterocycles. The number of furan rings is 1. The number of benzene rings is 1. The molecule has 2 rings (SSSR count). The highest BCUT2D eigenvalue weighted by atomic mass is 16.3. The predicted molar refractivity (Wildman–Crippen MR) is 107 cm³/mol. The topological polar surface area (TPSA) is 71.3 Å². The molecule has 1 aromatic carbocycles. The number of hydrogen-bond donors (Lipinski definition) is 2. The normalized spacial score (nSPS) is 12.7. The van der Waals surface area contributed by atoms with E-state index in [0.29, 0.717) is 18.5 Å². The summed E-state index contributed by atoms with van der Waals surface area (Å²) >= 11 is 0. The molecule has 0 unspecified atom stereocenters. The van der Waals surface area contributed by atoms with E-state index in [4.69, 9.17) is 4.42 Å². The van der Waals surface area contributed by atoms with Crippen LogP contribution in [0, 0.1) is 5.92 Å². The third-order valence-corrected chi connectivity index (χ3v) is 4.50. The predicted octanol–water partition coefficient (Wildman–Crippen LogP) is 3.69.